The molecule has 0 amide bonds. The molecule has 3 nitrogen and oxygen atoms in total. The van der Waals surface area contributed by atoms with Gasteiger partial charge in [-0.3, -0.25) is 4.57 Å². The van der Waals surface area contributed by atoms with Crippen LogP contribution >= 0.6 is 7.60 Å². The second-order valence-corrected chi connectivity index (χ2v) is 7.21. The van der Waals surface area contributed by atoms with Crippen LogP contribution in [0.5, 0.6) is 0 Å². The van der Waals surface area contributed by atoms with Gasteiger partial charge in [-0.1, -0.05) is 40.5 Å². The Bertz CT molecular complexity index is 211. The summed E-state index contributed by atoms with van der Waals surface area (Å²) in [6.07, 6.45) is 4.47. The SMILES string of the molecule is CCCC(C)COP(C)(=O)OCC(C)CCC. The van der Waals surface area contributed by atoms with Gasteiger partial charge in [-0.2, -0.15) is 0 Å². The van der Waals surface area contributed by atoms with E-state index < -0.39 is 7.60 Å². The van der Waals surface area contributed by atoms with Crippen LogP contribution in [0.15, 0.2) is 0 Å². The summed E-state index contributed by atoms with van der Waals surface area (Å²) in [6, 6.07) is 0. The molecule has 0 aromatic carbocycles. The number of hydrogen-bond donors (Lipinski definition) is 0. The largest absolute Gasteiger partial charge is 0.327 e. The zero-order valence-electron chi connectivity index (χ0n) is 12.1. The van der Waals surface area contributed by atoms with Crippen molar-refractivity contribution < 1.29 is 13.6 Å². The fourth-order valence-electron chi connectivity index (χ4n) is 1.71. The molecule has 0 radical (unpaired) electrons. The normalized spacial score (nSPS) is 18.6. The lowest BCUT2D eigenvalue weighted by molar-refractivity contribution is 0.165. The first kappa shape index (κ1) is 17.2. The molecule has 0 spiro atoms. The topological polar surface area (TPSA) is 35.5 Å². The monoisotopic (exact) mass is 264 g/mol. The van der Waals surface area contributed by atoms with Crippen LogP contribution in [0.4, 0.5) is 0 Å². The highest BCUT2D eigenvalue weighted by Crippen LogP contribution is 2.44. The molecule has 17 heavy (non-hydrogen) atoms. The van der Waals surface area contributed by atoms with E-state index in [0.717, 1.165) is 25.7 Å². The van der Waals surface area contributed by atoms with Crippen LogP contribution in [0.2, 0.25) is 0 Å². The van der Waals surface area contributed by atoms with Crippen LogP contribution in [0.25, 0.3) is 0 Å². The van der Waals surface area contributed by atoms with E-state index in [9.17, 15) is 4.57 Å². The van der Waals surface area contributed by atoms with Crippen molar-refractivity contribution in [3.63, 3.8) is 0 Å². The second-order valence-electron chi connectivity index (χ2n) is 5.15. The van der Waals surface area contributed by atoms with Crippen molar-refractivity contribution in [2.45, 2.75) is 53.4 Å². The molecule has 2 atom stereocenters. The lowest BCUT2D eigenvalue weighted by atomic mass is 10.1. The third-order valence-corrected chi connectivity index (χ3v) is 3.99. The molecular weight excluding hydrogens is 235 g/mol. The van der Waals surface area contributed by atoms with Crippen molar-refractivity contribution in [2.75, 3.05) is 19.9 Å². The highest BCUT2D eigenvalue weighted by Gasteiger charge is 2.19. The Hall–Kier alpha value is 0.150. The third-order valence-electron chi connectivity index (χ3n) is 2.75. The van der Waals surface area contributed by atoms with Crippen molar-refractivity contribution >= 4 is 7.60 Å². The Morgan fingerprint density at radius 1 is 0.941 bits per heavy atom. The van der Waals surface area contributed by atoms with Gasteiger partial charge >= 0.3 is 7.60 Å². The molecular formula is C13H29O3P. The van der Waals surface area contributed by atoms with E-state index in [1.807, 2.05) is 0 Å². The molecule has 104 valence electrons. The fourth-order valence-corrected chi connectivity index (χ4v) is 2.84. The summed E-state index contributed by atoms with van der Waals surface area (Å²) in [4.78, 5) is 0. The quantitative estimate of drug-likeness (QED) is 0.536. The van der Waals surface area contributed by atoms with Gasteiger partial charge in [-0.05, 0) is 24.7 Å². The lowest BCUT2D eigenvalue weighted by Gasteiger charge is -2.19. The van der Waals surface area contributed by atoms with Crippen molar-refractivity contribution in [2.24, 2.45) is 11.8 Å². The Kier molecular flexibility index (Phi) is 9.21. The van der Waals surface area contributed by atoms with Crippen LogP contribution in [0, 0.1) is 11.8 Å². The van der Waals surface area contributed by atoms with Crippen LogP contribution < -0.4 is 0 Å². The molecule has 0 saturated carbocycles. The molecule has 0 N–H and O–H groups in total. The first-order valence-electron chi connectivity index (χ1n) is 6.77. The highest BCUT2D eigenvalue weighted by molar-refractivity contribution is 7.52. The van der Waals surface area contributed by atoms with Crippen LogP contribution in [0.1, 0.15) is 53.4 Å². The van der Waals surface area contributed by atoms with Gasteiger partial charge in [0.15, 0.2) is 0 Å². The molecule has 0 aliphatic heterocycles. The van der Waals surface area contributed by atoms with E-state index in [1.165, 1.54) is 0 Å². The maximum atomic E-state index is 12.0. The van der Waals surface area contributed by atoms with Crippen LogP contribution in [0.3, 0.4) is 0 Å². The summed E-state index contributed by atoms with van der Waals surface area (Å²) in [7, 11) is -2.85. The molecule has 0 aliphatic carbocycles. The lowest BCUT2D eigenvalue weighted by Crippen LogP contribution is -2.08. The second kappa shape index (κ2) is 9.13. The van der Waals surface area contributed by atoms with E-state index in [2.05, 4.69) is 27.7 Å². The van der Waals surface area contributed by atoms with Crippen molar-refractivity contribution in [3.8, 4) is 0 Å². The fraction of sp³-hybridized carbons (Fsp3) is 1.00. The van der Waals surface area contributed by atoms with Gasteiger partial charge in [-0.15, -0.1) is 0 Å². The Morgan fingerprint density at radius 3 is 1.59 bits per heavy atom. The molecule has 0 aliphatic rings. The predicted octanol–water partition coefficient (Wildman–Crippen LogP) is 4.71. The third kappa shape index (κ3) is 9.82. The minimum Gasteiger partial charge on any atom is -0.308 e. The molecule has 0 bridgehead atoms. The number of rotatable bonds is 10. The van der Waals surface area contributed by atoms with Crippen molar-refractivity contribution in [1.82, 2.24) is 0 Å². The average molecular weight is 264 g/mol. The Labute approximate surface area is 107 Å². The van der Waals surface area contributed by atoms with Gasteiger partial charge in [-0.25, -0.2) is 0 Å². The van der Waals surface area contributed by atoms with Crippen molar-refractivity contribution in [3.05, 3.63) is 0 Å². The first-order chi connectivity index (χ1) is 7.91. The maximum absolute atomic E-state index is 12.0. The van der Waals surface area contributed by atoms with E-state index >= 15 is 0 Å². The Morgan fingerprint density at radius 2 is 1.29 bits per heavy atom. The Balaban J connectivity index is 3.83. The standard InChI is InChI=1S/C13H29O3P/c1-6-8-12(3)10-15-17(5,14)16-11-13(4)9-7-2/h12-13H,6-11H2,1-5H3. The van der Waals surface area contributed by atoms with Crippen LogP contribution in [-0.4, -0.2) is 19.9 Å². The van der Waals surface area contributed by atoms with Gasteiger partial charge in [0.05, 0.1) is 13.2 Å². The smallest absolute Gasteiger partial charge is 0.308 e. The maximum Gasteiger partial charge on any atom is 0.327 e. The molecule has 0 aromatic heterocycles. The predicted molar refractivity (Wildman–Crippen MR) is 73.6 cm³/mol. The van der Waals surface area contributed by atoms with Crippen molar-refractivity contribution in [1.29, 1.82) is 0 Å². The van der Waals surface area contributed by atoms with Gasteiger partial charge in [0.25, 0.3) is 0 Å². The minimum atomic E-state index is -2.85. The number of hydrogen-bond acceptors (Lipinski definition) is 3. The molecule has 2 unspecified atom stereocenters. The minimum absolute atomic E-state index is 0.449. The zero-order valence-corrected chi connectivity index (χ0v) is 13.0. The van der Waals surface area contributed by atoms with Crippen LogP contribution in [-0.2, 0) is 13.6 Å². The van der Waals surface area contributed by atoms with E-state index in [0.29, 0.717) is 25.0 Å². The average Bonchev–Trinajstić information content (AvgIpc) is 2.25. The highest BCUT2D eigenvalue weighted by atomic mass is 31.2. The summed E-state index contributed by atoms with van der Waals surface area (Å²) in [5, 5.41) is 0. The zero-order chi connectivity index (χ0) is 13.3. The summed E-state index contributed by atoms with van der Waals surface area (Å²) >= 11 is 0. The summed E-state index contributed by atoms with van der Waals surface area (Å²) < 4.78 is 22.8. The summed E-state index contributed by atoms with van der Waals surface area (Å²) in [5.41, 5.74) is 0. The summed E-state index contributed by atoms with van der Waals surface area (Å²) in [5.74, 6) is 0.898. The van der Waals surface area contributed by atoms with E-state index in [-0.39, 0.29) is 0 Å². The van der Waals surface area contributed by atoms with Gasteiger partial charge in [0, 0.05) is 6.66 Å². The van der Waals surface area contributed by atoms with E-state index in [1.54, 1.807) is 6.66 Å². The molecule has 0 rings (SSSR count). The molecule has 0 fully saturated rings. The molecule has 0 aromatic rings. The molecule has 0 heterocycles. The first-order valence-corrected chi connectivity index (χ1v) is 8.76. The van der Waals surface area contributed by atoms with Gasteiger partial charge < -0.3 is 9.05 Å². The van der Waals surface area contributed by atoms with Gasteiger partial charge in [0.1, 0.15) is 0 Å². The molecule has 4 heteroatoms. The van der Waals surface area contributed by atoms with Gasteiger partial charge in [0.2, 0.25) is 0 Å². The molecule has 0 saturated heterocycles. The van der Waals surface area contributed by atoms with E-state index in [4.69, 9.17) is 9.05 Å². The summed E-state index contributed by atoms with van der Waals surface area (Å²) in [6.45, 7) is 11.2.